The van der Waals surface area contributed by atoms with Crippen LogP contribution in [0, 0.1) is 5.92 Å². The fraction of sp³-hybridized carbons (Fsp3) is 0.923. The minimum absolute atomic E-state index is 0.561. The van der Waals surface area contributed by atoms with Gasteiger partial charge in [0.05, 0.1) is 0 Å². The summed E-state index contributed by atoms with van der Waals surface area (Å²) in [7, 11) is 0. The van der Waals surface area contributed by atoms with E-state index < -0.39 is 0 Å². The van der Waals surface area contributed by atoms with Crippen molar-refractivity contribution in [1.82, 2.24) is 5.32 Å². The summed E-state index contributed by atoms with van der Waals surface area (Å²) in [6.45, 7) is 9.70. The number of hydrogen-bond acceptors (Lipinski definition) is 2. The van der Waals surface area contributed by atoms with E-state index in [1.807, 2.05) is 6.92 Å². The Kier molecular flexibility index (Phi) is 11.2. The van der Waals surface area contributed by atoms with E-state index in [1.54, 1.807) is 0 Å². The minimum Gasteiger partial charge on any atom is -0.382 e. The second kappa shape index (κ2) is 11.7. The maximum Gasteiger partial charge on any atom is 0.188 e. The van der Waals surface area contributed by atoms with Crippen molar-refractivity contribution in [1.29, 1.82) is 0 Å². The zero-order chi connectivity index (χ0) is 12.9. The molecule has 17 heavy (non-hydrogen) atoms. The first kappa shape index (κ1) is 16.2. The van der Waals surface area contributed by atoms with Crippen LogP contribution in [-0.4, -0.2) is 32.3 Å². The third-order valence-electron chi connectivity index (χ3n) is 2.45. The monoisotopic (exact) mass is 243 g/mol. The molecule has 0 atom stereocenters. The van der Waals surface area contributed by atoms with Gasteiger partial charge in [0.25, 0.3) is 0 Å². The van der Waals surface area contributed by atoms with E-state index in [0.717, 1.165) is 45.1 Å². The molecule has 0 unspecified atom stereocenters. The van der Waals surface area contributed by atoms with Crippen LogP contribution in [0.4, 0.5) is 0 Å². The van der Waals surface area contributed by atoms with E-state index in [9.17, 15) is 0 Å². The van der Waals surface area contributed by atoms with E-state index in [2.05, 4.69) is 24.2 Å². The van der Waals surface area contributed by atoms with Gasteiger partial charge < -0.3 is 15.8 Å². The molecule has 0 aliphatic rings. The lowest BCUT2D eigenvalue weighted by molar-refractivity contribution is 0.146. The standard InChI is InChI=1S/C13H29N3O/c1-4-17-11-7-10-16-13(14)15-9-6-5-8-12(2)3/h12H,4-11H2,1-3H3,(H3,14,15,16). The highest BCUT2D eigenvalue weighted by Gasteiger charge is 1.95. The average molecular weight is 243 g/mol. The Labute approximate surface area is 106 Å². The molecule has 0 aromatic carbocycles. The number of ether oxygens (including phenoxy) is 1. The molecule has 0 bridgehead atoms. The van der Waals surface area contributed by atoms with Gasteiger partial charge in [-0.3, -0.25) is 4.99 Å². The van der Waals surface area contributed by atoms with Crippen molar-refractivity contribution in [3.8, 4) is 0 Å². The second-order valence-electron chi connectivity index (χ2n) is 4.63. The van der Waals surface area contributed by atoms with Gasteiger partial charge >= 0.3 is 0 Å². The second-order valence-corrected chi connectivity index (χ2v) is 4.63. The van der Waals surface area contributed by atoms with E-state index in [0.29, 0.717) is 5.96 Å². The smallest absolute Gasteiger partial charge is 0.188 e. The van der Waals surface area contributed by atoms with E-state index in [-0.39, 0.29) is 0 Å². The highest BCUT2D eigenvalue weighted by Crippen LogP contribution is 2.04. The molecule has 0 aromatic rings. The molecule has 3 N–H and O–H groups in total. The van der Waals surface area contributed by atoms with Crippen LogP contribution in [0.15, 0.2) is 4.99 Å². The molecule has 0 fully saturated rings. The first-order chi connectivity index (χ1) is 8.16. The molecule has 0 saturated carbocycles. The fourth-order valence-electron chi connectivity index (χ4n) is 1.46. The molecular formula is C13H29N3O. The van der Waals surface area contributed by atoms with Gasteiger partial charge in [0, 0.05) is 26.3 Å². The first-order valence-corrected chi connectivity index (χ1v) is 6.78. The number of rotatable bonds is 10. The van der Waals surface area contributed by atoms with Crippen LogP contribution < -0.4 is 11.1 Å². The van der Waals surface area contributed by atoms with Gasteiger partial charge in [-0.1, -0.05) is 26.7 Å². The highest BCUT2D eigenvalue weighted by atomic mass is 16.5. The molecule has 4 heteroatoms. The van der Waals surface area contributed by atoms with Gasteiger partial charge in [0.1, 0.15) is 0 Å². The molecule has 4 nitrogen and oxygen atoms in total. The van der Waals surface area contributed by atoms with Gasteiger partial charge in [-0.25, -0.2) is 0 Å². The highest BCUT2D eigenvalue weighted by molar-refractivity contribution is 5.77. The van der Waals surface area contributed by atoms with Crippen LogP contribution in [0.3, 0.4) is 0 Å². The molecule has 102 valence electrons. The van der Waals surface area contributed by atoms with Crippen molar-refractivity contribution in [3.63, 3.8) is 0 Å². The van der Waals surface area contributed by atoms with Crippen molar-refractivity contribution in [2.75, 3.05) is 26.3 Å². The number of hydrogen-bond donors (Lipinski definition) is 2. The van der Waals surface area contributed by atoms with Crippen LogP contribution in [-0.2, 0) is 4.74 Å². The SMILES string of the molecule is CCOCCCN=C(N)NCCCCC(C)C. The summed E-state index contributed by atoms with van der Waals surface area (Å²) in [6, 6.07) is 0. The molecular weight excluding hydrogens is 214 g/mol. The number of nitrogens with one attached hydrogen (secondary N) is 1. The van der Waals surface area contributed by atoms with Gasteiger partial charge in [-0.2, -0.15) is 0 Å². The largest absolute Gasteiger partial charge is 0.382 e. The maximum absolute atomic E-state index is 5.73. The van der Waals surface area contributed by atoms with Crippen molar-refractivity contribution in [2.45, 2.75) is 46.5 Å². The van der Waals surface area contributed by atoms with Crippen LogP contribution in [0.25, 0.3) is 0 Å². The average Bonchev–Trinajstić information content (AvgIpc) is 2.28. The van der Waals surface area contributed by atoms with Crippen LogP contribution in [0.1, 0.15) is 46.5 Å². The number of nitrogens with zero attached hydrogens (tertiary/aromatic N) is 1. The summed E-state index contributed by atoms with van der Waals surface area (Å²) in [4.78, 5) is 4.23. The molecule has 0 spiro atoms. The van der Waals surface area contributed by atoms with Gasteiger partial charge in [0.15, 0.2) is 5.96 Å². The lowest BCUT2D eigenvalue weighted by Crippen LogP contribution is -2.32. The van der Waals surface area contributed by atoms with Crippen LogP contribution >= 0.6 is 0 Å². The fourth-order valence-corrected chi connectivity index (χ4v) is 1.46. The maximum atomic E-state index is 5.73. The zero-order valence-electron chi connectivity index (χ0n) is 11.7. The summed E-state index contributed by atoms with van der Waals surface area (Å²) in [6.07, 6.45) is 4.63. The Morgan fingerprint density at radius 1 is 1.29 bits per heavy atom. The Hall–Kier alpha value is -0.770. The number of aliphatic imine (C=N–C) groups is 1. The van der Waals surface area contributed by atoms with Crippen molar-refractivity contribution < 1.29 is 4.74 Å². The summed E-state index contributed by atoms with van der Waals surface area (Å²) in [5.74, 6) is 1.35. The Morgan fingerprint density at radius 2 is 2.06 bits per heavy atom. The summed E-state index contributed by atoms with van der Waals surface area (Å²) in [5.41, 5.74) is 5.73. The molecule has 0 radical (unpaired) electrons. The van der Waals surface area contributed by atoms with Crippen molar-refractivity contribution in [3.05, 3.63) is 0 Å². The summed E-state index contributed by atoms with van der Waals surface area (Å²) < 4.78 is 5.22. The Bertz CT molecular complexity index is 193. The summed E-state index contributed by atoms with van der Waals surface area (Å²) in [5, 5.41) is 3.13. The van der Waals surface area contributed by atoms with E-state index in [1.165, 1.54) is 12.8 Å². The lowest BCUT2D eigenvalue weighted by atomic mass is 10.1. The molecule has 0 rings (SSSR count). The molecule has 0 aliphatic carbocycles. The molecule has 0 heterocycles. The molecule has 0 aliphatic heterocycles. The predicted molar refractivity (Wildman–Crippen MR) is 74.3 cm³/mol. The normalized spacial score (nSPS) is 12.1. The van der Waals surface area contributed by atoms with Crippen LogP contribution in [0.5, 0.6) is 0 Å². The topological polar surface area (TPSA) is 59.6 Å². The minimum atomic E-state index is 0.561. The zero-order valence-corrected chi connectivity index (χ0v) is 11.7. The number of unbranched alkanes of at least 4 members (excludes halogenated alkanes) is 1. The Morgan fingerprint density at radius 3 is 2.71 bits per heavy atom. The molecule has 0 aromatic heterocycles. The number of nitrogens with two attached hydrogens (primary N) is 1. The molecule has 0 saturated heterocycles. The first-order valence-electron chi connectivity index (χ1n) is 6.78. The van der Waals surface area contributed by atoms with E-state index in [4.69, 9.17) is 10.5 Å². The quantitative estimate of drug-likeness (QED) is 0.351. The third-order valence-corrected chi connectivity index (χ3v) is 2.45. The number of guanidine groups is 1. The van der Waals surface area contributed by atoms with Crippen LogP contribution in [0.2, 0.25) is 0 Å². The summed E-state index contributed by atoms with van der Waals surface area (Å²) >= 11 is 0. The van der Waals surface area contributed by atoms with Gasteiger partial charge in [-0.05, 0) is 25.7 Å². The van der Waals surface area contributed by atoms with Crippen molar-refractivity contribution >= 4 is 5.96 Å². The van der Waals surface area contributed by atoms with Gasteiger partial charge in [-0.15, -0.1) is 0 Å². The van der Waals surface area contributed by atoms with Crippen molar-refractivity contribution in [2.24, 2.45) is 16.6 Å². The third kappa shape index (κ3) is 13.2. The lowest BCUT2D eigenvalue weighted by Gasteiger charge is -2.07. The van der Waals surface area contributed by atoms with E-state index >= 15 is 0 Å². The molecule has 0 amide bonds. The van der Waals surface area contributed by atoms with Gasteiger partial charge in [0.2, 0.25) is 0 Å². The predicted octanol–water partition coefficient (Wildman–Crippen LogP) is 2.14. The Balaban J connectivity index is 3.32.